The fraction of sp³-hybridized carbons (Fsp3) is 0.633. The van der Waals surface area contributed by atoms with Gasteiger partial charge in [-0.05, 0) is 30.7 Å². The molecular formula is C30H43N3O7. The van der Waals surface area contributed by atoms with Crippen LogP contribution in [-0.2, 0) is 40.2 Å². The van der Waals surface area contributed by atoms with Crippen molar-refractivity contribution in [3.63, 3.8) is 0 Å². The first-order valence-corrected chi connectivity index (χ1v) is 14.5. The van der Waals surface area contributed by atoms with E-state index in [0.717, 1.165) is 37.7 Å². The zero-order chi connectivity index (χ0) is 29.1. The molecule has 10 nitrogen and oxygen atoms in total. The quantitative estimate of drug-likeness (QED) is 0.259. The highest BCUT2D eigenvalue weighted by Crippen LogP contribution is 2.23. The van der Waals surface area contributed by atoms with Crippen LogP contribution in [0, 0.1) is 11.8 Å². The largest absolute Gasteiger partial charge is 0.375 e. The Morgan fingerprint density at radius 3 is 2.40 bits per heavy atom. The molecule has 2 saturated heterocycles. The van der Waals surface area contributed by atoms with E-state index < -0.39 is 35.7 Å². The fourth-order valence-electron chi connectivity index (χ4n) is 5.11. The first-order chi connectivity index (χ1) is 19.2. The van der Waals surface area contributed by atoms with E-state index in [-0.39, 0.29) is 37.1 Å². The summed E-state index contributed by atoms with van der Waals surface area (Å²) in [4.78, 5) is 70.2. The average molecular weight is 558 g/mol. The molecule has 1 aromatic carbocycles. The highest BCUT2D eigenvalue weighted by Gasteiger charge is 2.38. The average Bonchev–Trinajstić information content (AvgIpc) is 3.53. The first-order valence-electron chi connectivity index (χ1n) is 14.5. The normalized spacial score (nSPS) is 18.8. The van der Waals surface area contributed by atoms with Crippen molar-refractivity contribution in [1.29, 1.82) is 0 Å². The Kier molecular flexibility index (Phi) is 12.1. The van der Waals surface area contributed by atoms with Gasteiger partial charge in [-0.3, -0.25) is 19.2 Å². The Balaban J connectivity index is 1.61. The van der Waals surface area contributed by atoms with Crippen LogP contribution in [0.5, 0.6) is 0 Å². The van der Waals surface area contributed by atoms with Crippen LogP contribution in [0.25, 0.3) is 0 Å². The number of amides is 4. The first kappa shape index (κ1) is 31.3. The van der Waals surface area contributed by atoms with Crippen molar-refractivity contribution in [2.24, 2.45) is 11.8 Å². The van der Waals surface area contributed by atoms with Gasteiger partial charge in [0.2, 0.25) is 11.8 Å². The zero-order valence-electron chi connectivity index (χ0n) is 23.9. The molecule has 2 heterocycles. The van der Waals surface area contributed by atoms with Gasteiger partial charge in [0.15, 0.2) is 0 Å². The predicted molar refractivity (Wildman–Crippen MR) is 147 cm³/mol. The number of hydroxylamine groups is 2. The molecule has 3 unspecified atom stereocenters. The standard InChI is InChI=1S/C30H43N3O7/c1-4-5-7-13-23(18-27(36)40-33-25(34)15-16-26(33)35)29(37)31-28(21(2)3)30(38)32-17-10-14-24(32)20-39-19-22-11-8-6-9-12-22/h6,8-9,11-12,21,23-24,28H,4-5,7,10,13-20H2,1-3H3,(H,31,37). The summed E-state index contributed by atoms with van der Waals surface area (Å²) in [5.41, 5.74) is 1.07. The van der Waals surface area contributed by atoms with Crippen LogP contribution in [-0.4, -0.2) is 64.8 Å². The Morgan fingerprint density at radius 1 is 1.05 bits per heavy atom. The summed E-state index contributed by atoms with van der Waals surface area (Å²) >= 11 is 0. The monoisotopic (exact) mass is 557 g/mol. The van der Waals surface area contributed by atoms with E-state index in [9.17, 15) is 24.0 Å². The molecule has 10 heteroatoms. The number of benzene rings is 1. The molecular weight excluding hydrogens is 514 g/mol. The van der Waals surface area contributed by atoms with Gasteiger partial charge in [0, 0.05) is 25.3 Å². The molecule has 3 rings (SSSR count). The van der Waals surface area contributed by atoms with Gasteiger partial charge in [0.25, 0.3) is 11.8 Å². The van der Waals surface area contributed by atoms with Crippen molar-refractivity contribution in [2.45, 2.75) is 97.2 Å². The van der Waals surface area contributed by atoms with Gasteiger partial charge in [-0.1, -0.05) is 70.4 Å². The molecule has 2 aliphatic rings. The van der Waals surface area contributed by atoms with Gasteiger partial charge in [-0.2, -0.15) is 0 Å². The number of hydrogen-bond acceptors (Lipinski definition) is 7. The van der Waals surface area contributed by atoms with Gasteiger partial charge in [-0.15, -0.1) is 5.06 Å². The van der Waals surface area contributed by atoms with Gasteiger partial charge in [0.1, 0.15) is 6.04 Å². The van der Waals surface area contributed by atoms with Gasteiger partial charge >= 0.3 is 5.97 Å². The molecule has 0 aromatic heterocycles. The number of ether oxygens (including phenoxy) is 1. The third-order valence-electron chi connectivity index (χ3n) is 7.45. The van der Waals surface area contributed by atoms with Crippen molar-refractivity contribution in [3.8, 4) is 0 Å². The summed E-state index contributed by atoms with van der Waals surface area (Å²) in [6.45, 7) is 7.28. The Labute approximate surface area is 236 Å². The van der Waals surface area contributed by atoms with E-state index >= 15 is 0 Å². The highest BCUT2D eigenvalue weighted by molar-refractivity contribution is 6.01. The molecule has 40 heavy (non-hydrogen) atoms. The summed E-state index contributed by atoms with van der Waals surface area (Å²) in [5, 5.41) is 3.41. The molecule has 0 radical (unpaired) electrons. The molecule has 0 bridgehead atoms. The third-order valence-corrected chi connectivity index (χ3v) is 7.45. The maximum Gasteiger partial charge on any atom is 0.334 e. The van der Waals surface area contributed by atoms with Crippen LogP contribution in [0.2, 0.25) is 0 Å². The molecule has 2 fully saturated rings. The fourth-order valence-corrected chi connectivity index (χ4v) is 5.11. The Morgan fingerprint density at radius 2 is 1.75 bits per heavy atom. The number of carbonyl (C=O) groups is 5. The van der Waals surface area contributed by atoms with Crippen LogP contribution in [0.3, 0.4) is 0 Å². The zero-order valence-corrected chi connectivity index (χ0v) is 23.9. The number of hydrogen-bond donors (Lipinski definition) is 1. The van der Waals surface area contributed by atoms with Gasteiger partial charge < -0.3 is 19.8 Å². The number of imide groups is 1. The van der Waals surface area contributed by atoms with E-state index in [1.54, 1.807) is 4.90 Å². The van der Waals surface area contributed by atoms with E-state index in [0.29, 0.717) is 31.2 Å². The van der Waals surface area contributed by atoms with E-state index in [1.165, 1.54) is 0 Å². The van der Waals surface area contributed by atoms with Crippen LogP contribution < -0.4 is 5.32 Å². The maximum atomic E-state index is 13.7. The van der Waals surface area contributed by atoms with Crippen molar-refractivity contribution in [3.05, 3.63) is 35.9 Å². The van der Waals surface area contributed by atoms with Crippen molar-refractivity contribution < 1.29 is 33.5 Å². The van der Waals surface area contributed by atoms with E-state index in [2.05, 4.69) is 5.32 Å². The van der Waals surface area contributed by atoms with Crippen LogP contribution >= 0.6 is 0 Å². The molecule has 1 aromatic rings. The minimum Gasteiger partial charge on any atom is -0.375 e. The number of carbonyl (C=O) groups excluding carboxylic acids is 5. The minimum atomic E-state index is -0.817. The lowest BCUT2D eigenvalue weighted by atomic mass is 9.95. The second kappa shape index (κ2) is 15.5. The van der Waals surface area contributed by atoms with Crippen LogP contribution in [0.1, 0.15) is 84.1 Å². The second-order valence-electron chi connectivity index (χ2n) is 11.0. The summed E-state index contributed by atoms with van der Waals surface area (Å²) in [6, 6.07) is 9.04. The highest BCUT2D eigenvalue weighted by atomic mass is 16.7. The summed E-state index contributed by atoms with van der Waals surface area (Å²) in [5.74, 6) is -3.43. The molecule has 0 saturated carbocycles. The predicted octanol–water partition coefficient (Wildman–Crippen LogP) is 3.53. The van der Waals surface area contributed by atoms with Gasteiger partial charge in [-0.25, -0.2) is 4.79 Å². The number of likely N-dealkylation sites (tertiary alicyclic amines) is 1. The number of rotatable bonds is 15. The molecule has 0 aliphatic carbocycles. The van der Waals surface area contributed by atoms with E-state index in [4.69, 9.17) is 9.57 Å². The molecule has 3 atom stereocenters. The number of unbranched alkanes of at least 4 members (excludes halogenated alkanes) is 2. The maximum absolute atomic E-state index is 13.7. The van der Waals surface area contributed by atoms with Crippen molar-refractivity contribution >= 4 is 29.6 Å². The summed E-state index contributed by atoms with van der Waals surface area (Å²) in [6.07, 6.45) is 4.37. The number of nitrogens with one attached hydrogen (secondary N) is 1. The SMILES string of the molecule is CCCCCC(CC(=O)ON1C(=O)CCC1=O)C(=O)NC(C(=O)N1CCCC1COCc1ccccc1)C(C)C. The van der Waals surface area contributed by atoms with Crippen LogP contribution in [0.4, 0.5) is 0 Å². The van der Waals surface area contributed by atoms with E-state index in [1.807, 2.05) is 51.1 Å². The molecule has 220 valence electrons. The molecule has 0 spiro atoms. The Bertz CT molecular complexity index is 1010. The molecule has 1 N–H and O–H groups in total. The third kappa shape index (κ3) is 8.87. The topological polar surface area (TPSA) is 122 Å². The van der Waals surface area contributed by atoms with Crippen molar-refractivity contribution in [2.75, 3.05) is 13.2 Å². The Hall–Kier alpha value is -3.27. The lowest BCUT2D eigenvalue weighted by molar-refractivity contribution is -0.198. The smallest absolute Gasteiger partial charge is 0.334 e. The minimum absolute atomic E-state index is 0.000499. The number of nitrogens with zero attached hydrogens (tertiary/aromatic N) is 2. The summed E-state index contributed by atoms with van der Waals surface area (Å²) in [7, 11) is 0. The second-order valence-corrected chi connectivity index (χ2v) is 11.0. The summed E-state index contributed by atoms with van der Waals surface area (Å²) < 4.78 is 5.93. The van der Waals surface area contributed by atoms with Gasteiger partial charge in [0.05, 0.1) is 25.7 Å². The lowest BCUT2D eigenvalue weighted by Gasteiger charge is -2.32. The van der Waals surface area contributed by atoms with Crippen molar-refractivity contribution in [1.82, 2.24) is 15.3 Å². The lowest BCUT2D eigenvalue weighted by Crippen LogP contribution is -2.54. The van der Waals surface area contributed by atoms with Crippen LogP contribution in [0.15, 0.2) is 30.3 Å². The molecule has 2 aliphatic heterocycles. The molecule has 4 amide bonds.